The van der Waals surface area contributed by atoms with Crippen molar-refractivity contribution in [3.8, 4) is 0 Å². The molecule has 0 spiro atoms. The van der Waals surface area contributed by atoms with Gasteiger partial charge in [0.1, 0.15) is 6.54 Å². The molecule has 0 unspecified atom stereocenters. The molecule has 1 fully saturated rings. The number of benzene rings is 1. The van der Waals surface area contributed by atoms with E-state index < -0.39 is 41.5 Å². The molecule has 1 saturated carbocycles. The zero-order chi connectivity index (χ0) is 14.9. The highest BCUT2D eigenvalue weighted by atomic mass is 19.2. The standard InChI is InChI=1S/C13H13F3N2O2/c1-7(19)18(6-11(20)17-8-2-3-8)10-5-4-9(14)12(15)13(10)16/h4-5,8H,2-3,6H2,1H3,(H,17,20). The number of carbonyl (C=O) groups is 2. The molecule has 0 radical (unpaired) electrons. The molecule has 0 atom stereocenters. The Bertz CT molecular complexity index is 559. The molecular weight excluding hydrogens is 273 g/mol. The van der Waals surface area contributed by atoms with Crippen LogP contribution in [0.5, 0.6) is 0 Å². The molecule has 108 valence electrons. The maximum Gasteiger partial charge on any atom is 0.240 e. The van der Waals surface area contributed by atoms with Gasteiger partial charge in [0.2, 0.25) is 11.8 Å². The molecule has 0 saturated heterocycles. The summed E-state index contributed by atoms with van der Waals surface area (Å²) in [6.45, 7) is 0.679. The molecular formula is C13H13F3N2O2. The van der Waals surface area contributed by atoms with Crippen LogP contribution in [0.3, 0.4) is 0 Å². The van der Waals surface area contributed by atoms with E-state index in [9.17, 15) is 22.8 Å². The smallest absolute Gasteiger partial charge is 0.240 e. The van der Waals surface area contributed by atoms with Crippen LogP contribution in [0.4, 0.5) is 18.9 Å². The van der Waals surface area contributed by atoms with Gasteiger partial charge in [-0.25, -0.2) is 13.2 Å². The van der Waals surface area contributed by atoms with Crippen LogP contribution in [-0.4, -0.2) is 24.4 Å². The monoisotopic (exact) mass is 286 g/mol. The predicted molar refractivity (Wildman–Crippen MR) is 65.5 cm³/mol. The average Bonchev–Trinajstić information content (AvgIpc) is 3.18. The highest BCUT2D eigenvalue weighted by Crippen LogP contribution is 2.24. The Labute approximate surface area is 113 Å². The Morgan fingerprint density at radius 3 is 2.45 bits per heavy atom. The van der Waals surface area contributed by atoms with E-state index in [0.717, 1.165) is 30.7 Å². The SMILES string of the molecule is CC(=O)N(CC(=O)NC1CC1)c1ccc(F)c(F)c1F. The molecule has 1 aliphatic rings. The summed E-state index contributed by atoms with van der Waals surface area (Å²) in [4.78, 5) is 23.9. The van der Waals surface area contributed by atoms with E-state index in [1.807, 2.05) is 0 Å². The summed E-state index contributed by atoms with van der Waals surface area (Å²) in [5.41, 5.74) is -0.456. The molecule has 0 heterocycles. The topological polar surface area (TPSA) is 49.4 Å². The average molecular weight is 286 g/mol. The maximum atomic E-state index is 13.7. The molecule has 1 aromatic rings. The fourth-order valence-corrected chi connectivity index (χ4v) is 1.73. The van der Waals surface area contributed by atoms with Crippen molar-refractivity contribution in [1.82, 2.24) is 5.32 Å². The number of amides is 2. The third-order valence-electron chi connectivity index (χ3n) is 2.93. The predicted octanol–water partition coefficient (Wildman–Crippen LogP) is 1.74. The summed E-state index contributed by atoms with van der Waals surface area (Å²) in [5, 5.41) is 2.63. The van der Waals surface area contributed by atoms with Gasteiger partial charge in [-0.1, -0.05) is 0 Å². The van der Waals surface area contributed by atoms with Gasteiger partial charge in [-0.15, -0.1) is 0 Å². The Kier molecular flexibility index (Phi) is 3.96. The molecule has 1 N–H and O–H groups in total. The van der Waals surface area contributed by atoms with Crippen LogP contribution in [0.1, 0.15) is 19.8 Å². The molecule has 0 bridgehead atoms. The van der Waals surface area contributed by atoms with Crippen LogP contribution in [0.2, 0.25) is 0 Å². The lowest BCUT2D eigenvalue weighted by molar-refractivity contribution is -0.123. The molecule has 2 rings (SSSR count). The lowest BCUT2D eigenvalue weighted by Gasteiger charge is -2.21. The normalized spacial score (nSPS) is 14.0. The van der Waals surface area contributed by atoms with Gasteiger partial charge in [0.05, 0.1) is 5.69 Å². The number of hydrogen-bond donors (Lipinski definition) is 1. The number of anilines is 1. The van der Waals surface area contributed by atoms with Crippen molar-refractivity contribution >= 4 is 17.5 Å². The first-order chi connectivity index (χ1) is 9.40. The number of carbonyl (C=O) groups excluding carboxylic acids is 2. The number of nitrogens with one attached hydrogen (secondary N) is 1. The number of hydrogen-bond acceptors (Lipinski definition) is 2. The lowest BCUT2D eigenvalue weighted by Crippen LogP contribution is -2.41. The Balaban J connectivity index is 2.21. The van der Waals surface area contributed by atoms with Crippen molar-refractivity contribution in [3.05, 3.63) is 29.6 Å². The van der Waals surface area contributed by atoms with Crippen molar-refractivity contribution in [2.75, 3.05) is 11.4 Å². The fourth-order valence-electron chi connectivity index (χ4n) is 1.73. The van der Waals surface area contributed by atoms with E-state index in [1.54, 1.807) is 0 Å². The van der Waals surface area contributed by atoms with E-state index in [-0.39, 0.29) is 6.04 Å². The van der Waals surface area contributed by atoms with Crippen molar-refractivity contribution in [3.63, 3.8) is 0 Å². The van der Waals surface area contributed by atoms with Crippen LogP contribution in [-0.2, 0) is 9.59 Å². The van der Waals surface area contributed by atoms with E-state index in [0.29, 0.717) is 6.07 Å². The van der Waals surface area contributed by atoms with Gasteiger partial charge in [0.25, 0.3) is 0 Å². The molecule has 1 aromatic carbocycles. The van der Waals surface area contributed by atoms with Crippen LogP contribution < -0.4 is 10.2 Å². The Morgan fingerprint density at radius 2 is 1.90 bits per heavy atom. The van der Waals surface area contributed by atoms with Gasteiger partial charge in [-0.2, -0.15) is 0 Å². The molecule has 0 aliphatic heterocycles. The van der Waals surface area contributed by atoms with Gasteiger partial charge in [0, 0.05) is 13.0 Å². The summed E-state index contributed by atoms with van der Waals surface area (Å²) in [6.07, 6.45) is 1.73. The third kappa shape index (κ3) is 3.09. The summed E-state index contributed by atoms with van der Waals surface area (Å²) >= 11 is 0. The molecule has 1 aliphatic carbocycles. The Morgan fingerprint density at radius 1 is 1.25 bits per heavy atom. The van der Waals surface area contributed by atoms with E-state index in [4.69, 9.17) is 0 Å². The zero-order valence-electron chi connectivity index (χ0n) is 10.8. The lowest BCUT2D eigenvalue weighted by atomic mass is 10.2. The van der Waals surface area contributed by atoms with Crippen LogP contribution >= 0.6 is 0 Å². The van der Waals surface area contributed by atoms with Gasteiger partial charge in [-0.3, -0.25) is 9.59 Å². The number of nitrogens with zero attached hydrogens (tertiary/aromatic N) is 1. The Hall–Kier alpha value is -2.05. The minimum absolute atomic E-state index is 0.0890. The first-order valence-electron chi connectivity index (χ1n) is 6.11. The van der Waals surface area contributed by atoms with Crippen LogP contribution in [0.15, 0.2) is 12.1 Å². The maximum absolute atomic E-state index is 13.7. The molecule has 2 amide bonds. The summed E-state index contributed by atoms with van der Waals surface area (Å²) in [7, 11) is 0. The highest BCUT2D eigenvalue weighted by molar-refractivity contribution is 5.97. The van der Waals surface area contributed by atoms with Crippen molar-refractivity contribution in [2.45, 2.75) is 25.8 Å². The first-order valence-corrected chi connectivity index (χ1v) is 6.11. The second-order valence-electron chi connectivity index (χ2n) is 4.64. The van der Waals surface area contributed by atoms with Crippen LogP contribution in [0.25, 0.3) is 0 Å². The number of rotatable bonds is 4. The van der Waals surface area contributed by atoms with E-state index in [1.165, 1.54) is 0 Å². The second-order valence-corrected chi connectivity index (χ2v) is 4.64. The fraction of sp³-hybridized carbons (Fsp3) is 0.385. The number of halogens is 3. The molecule has 20 heavy (non-hydrogen) atoms. The first kappa shape index (κ1) is 14.4. The molecule has 0 aromatic heterocycles. The van der Waals surface area contributed by atoms with Gasteiger partial charge < -0.3 is 10.2 Å². The minimum Gasteiger partial charge on any atom is -0.352 e. The van der Waals surface area contributed by atoms with Crippen molar-refractivity contribution < 1.29 is 22.8 Å². The minimum atomic E-state index is -1.67. The van der Waals surface area contributed by atoms with Gasteiger partial charge in [0.15, 0.2) is 17.5 Å². The van der Waals surface area contributed by atoms with Crippen molar-refractivity contribution in [2.24, 2.45) is 0 Å². The van der Waals surface area contributed by atoms with Crippen LogP contribution in [0, 0.1) is 17.5 Å². The van der Waals surface area contributed by atoms with E-state index in [2.05, 4.69) is 5.32 Å². The second kappa shape index (κ2) is 5.52. The van der Waals surface area contributed by atoms with Gasteiger partial charge >= 0.3 is 0 Å². The quantitative estimate of drug-likeness (QED) is 0.857. The summed E-state index contributed by atoms with van der Waals surface area (Å²) < 4.78 is 39.7. The highest BCUT2D eigenvalue weighted by Gasteiger charge is 2.27. The summed E-state index contributed by atoms with van der Waals surface area (Å²) in [6, 6.07) is 1.73. The summed E-state index contributed by atoms with van der Waals surface area (Å²) in [5.74, 6) is -5.61. The molecule has 4 nitrogen and oxygen atoms in total. The molecule has 7 heteroatoms. The van der Waals surface area contributed by atoms with Crippen molar-refractivity contribution in [1.29, 1.82) is 0 Å². The van der Waals surface area contributed by atoms with Gasteiger partial charge in [-0.05, 0) is 25.0 Å². The largest absolute Gasteiger partial charge is 0.352 e. The zero-order valence-corrected chi connectivity index (χ0v) is 10.8. The van der Waals surface area contributed by atoms with E-state index >= 15 is 0 Å². The third-order valence-corrected chi connectivity index (χ3v) is 2.93.